The van der Waals surface area contributed by atoms with Crippen molar-refractivity contribution in [2.75, 3.05) is 57.0 Å². The van der Waals surface area contributed by atoms with Crippen LogP contribution in [0.5, 0.6) is 5.75 Å². The van der Waals surface area contributed by atoms with Crippen molar-refractivity contribution < 1.29 is 14.4 Å². The summed E-state index contributed by atoms with van der Waals surface area (Å²) >= 11 is 0. The van der Waals surface area contributed by atoms with Gasteiger partial charge in [0, 0.05) is 49.9 Å². The minimum Gasteiger partial charge on any atom is -0.384 e. The molecule has 3 heterocycles. The molecule has 0 saturated carbocycles. The molecule has 0 spiro atoms. The van der Waals surface area contributed by atoms with Gasteiger partial charge in [-0.15, -0.1) is 5.06 Å². The van der Waals surface area contributed by atoms with E-state index in [0.717, 1.165) is 17.8 Å². The summed E-state index contributed by atoms with van der Waals surface area (Å²) in [4.78, 5) is 45.3. The lowest BCUT2D eigenvalue weighted by Crippen LogP contribution is -2.50. The Bertz CT molecular complexity index is 1340. The van der Waals surface area contributed by atoms with E-state index in [4.69, 9.17) is 4.84 Å². The highest BCUT2D eigenvalue weighted by molar-refractivity contribution is 6.03. The number of nitrogens with zero attached hydrogens (tertiary/aromatic N) is 5. The Morgan fingerprint density at radius 1 is 1.13 bits per heavy atom. The number of hydrogen-bond donors (Lipinski definition) is 2. The van der Waals surface area contributed by atoms with Crippen molar-refractivity contribution in [1.82, 2.24) is 19.8 Å². The van der Waals surface area contributed by atoms with Crippen molar-refractivity contribution in [2.24, 2.45) is 0 Å². The minimum atomic E-state index is -0.549. The smallest absolute Gasteiger partial charge is 0.282 e. The first kappa shape index (κ1) is 25.5. The number of rotatable bonds is 8. The van der Waals surface area contributed by atoms with Crippen LogP contribution < -0.4 is 20.5 Å². The molecule has 0 bridgehead atoms. The zero-order chi connectivity index (χ0) is 26.8. The van der Waals surface area contributed by atoms with Crippen LogP contribution in [-0.4, -0.2) is 78.9 Å². The second-order valence-electron chi connectivity index (χ2n) is 10.1. The largest absolute Gasteiger partial charge is 0.384 e. The molecule has 2 atom stereocenters. The van der Waals surface area contributed by atoms with Crippen molar-refractivity contribution in [3.63, 3.8) is 0 Å². The van der Waals surface area contributed by atoms with Crippen LogP contribution in [0, 0.1) is 0 Å². The van der Waals surface area contributed by atoms with Gasteiger partial charge in [-0.05, 0) is 50.7 Å². The van der Waals surface area contributed by atoms with Crippen LogP contribution in [0.15, 0.2) is 55.0 Å². The lowest BCUT2D eigenvalue weighted by Gasteiger charge is -2.34. The maximum absolute atomic E-state index is 13.9. The Labute approximate surface area is 222 Å². The molecule has 198 valence electrons. The van der Waals surface area contributed by atoms with Crippen LogP contribution in [0.4, 0.5) is 17.2 Å². The van der Waals surface area contributed by atoms with Crippen molar-refractivity contribution in [1.29, 1.82) is 0 Å². The highest BCUT2D eigenvalue weighted by Gasteiger charge is 2.38. The van der Waals surface area contributed by atoms with Crippen LogP contribution in [-0.2, 0) is 11.2 Å². The van der Waals surface area contributed by atoms with Gasteiger partial charge in [0.15, 0.2) is 11.6 Å². The standard InChI is InChI=1S/C28H33N7O3/c1-33(2)13-12-20-21(27(36)34(3)4)9-7-11-25(20)38-35-24-16-29-17-31-26(24)32-23(28(35)37)14-18-15-30-22-10-6-5-8-19(18)22/h5-11,16-18,23,30H,12-15H2,1-4H3,(H,29,31,32). The number of hydrogen-bond acceptors (Lipinski definition) is 8. The van der Waals surface area contributed by atoms with E-state index in [2.05, 4.69) is 32.7 Å². The molecule has 0 aliphatic carbocycles. The van der Waals surface area contributed by atoms with Crippen LogP contribution in [0.3, 0.4) is 0 Å². The average molecular weight is 516 g/mol. The zero-order valence-electron chi connectivity index (χ0n) is 22.1. The first-order valence-electron chi connectivity index (χ1n) is 12.7. The summed E-state index contributed by atoms with van der Waals surface area (Å²) in [6, 6.07) is 13.0. The van der Waals surface area contributed by atoms with E-state index in [1.807, 2.05) is 31.1 Å². The van der Waals surface area contributed by atoms with E-state index in [1.54, 1.807) is 43.4 Å². The highest BCUT2D eigenvalue weighted by Crippen LogP contribution is 2.38. The van der Waals surface area contributed by atoms with Gasteiger partial charge in [-0.25, -0.2) is 9.97 Å². The molecule has 0 saturated heterocycles. The van der Waals surface area contributed by atoms with Crippen molar-refractivity contribution >= 4 is 29.0 Å². The molecule has 0 fully saturated rings. The van der Waals surface area contributed by atoms with Gasteiger partial charge in [0.05, 0.1) is 6.20 Å². The molecule has 1 aromatic heterocycles. The number of fused-ring (bicyclic) bond motifs is 2. The summed E-state index contributed by atoms with van der Waals surface area (Å²) < 4.78 is 0. The molecule has 10 heteroatoms. The Morgan fingerprint density at radius 2 is 1.95 bits per heavy atom. The Hall–Kier alpha value is -4.18. The Balaban J connectivity index is 1.48. The third kappa shape index (κ3) is 4.99. The number of para-hydroxylation sites is 1. The molecular formula is C28H33N7O3. The van der Waals surface area contributed by atoms with Gasteiger partial charge in [-0.2, -0.15) is 0 Å². The summed E-state index contributed by atoms with van der Waals surface area (Å²) in [7, 11) is 7.40. The molecule has 0 radical (unpaired) electrons. The fourth-order valence-electron chi connectivity index (χ4n) is 4.96. The highest BCUT2D eigenvalue weighted by atomic mass is 16.7. The van der Waals surface area contributed by atoms with E-state index < -0.39 is 6.04 Å². The van der Waals surface area contributed by atoms with Gasteiger partial charge in [0.2, 0.25) is 0 Å². The number of anilines is 3. The SMILES string of the molecule is CN(C)CCc1c(ON2C(=O)C(CC3CNc4ccccc43)Nc3ncncc32)cccc1C(=O)N(C)C. The number of carbonyl (C=O) groups excluding carboxylic acids is 2. The van der Waals surface area contributed by atoms with Gasteiger partial charge >= 0.3 is 0 Å². The van der Waals surface area contributed by atoms with E-state index >= 15 is 0 Å². The number of benzene rings is 2. The molecule has 2 aromatic carbocycles. The summed E-state index contributed by atoms with van der Waals surface area (Å²) in [5.74, 6) is 0.787. The summed E-state index contributed by atoms with van der Waals surface area (Å²) in [6.07, 6.45) is 4.15. The van der Waals surface area contributed by atoms with Crippen LogP contribution >= 0.6 is 0 Å². The van der Waals surface area contributed by atoms with Crippen LogP contribution in [0.1, 0.15) is 33.8 Å². The normalized spacial score (nSPS) is 17.9. The van der Waals surface area contributed by atoms with E-state index in [1.165, 1.54) is 17.0 Å². The third-order valence-electron chi connectivity index (χ3n) is 6.95. The second kappa shape index (κ2) is 10.7. The quantitative estimate of drug-likeness (QED) is 0.472. The average Bonchev–Trinajstić information content (AvgIpc) is 3.32. The van der Waals surface area contributed by atoms with Crippen molar-refractivity contribution in [3.05, 3.63) is 71.7 Å². The second-order valence-corrected chi connectivity index (χ2v) is 10.1. The zero-order valence-corrected chi connectivity index (χ0v) is 22.1. The first-order valence-corrected chi connectivity index (χ1v) is 12.7. The molecule has 2 unspecified atom stereocenters. The van der Waals surface area contributed by atoms with E-state index in [0.29, 0.717) is 42.2 Å². The minimum absolute atomic E-state index is 0.121. The third-order valence-corrected chi connectivity index (χ3v) is 6.95. The van der Waals surface area contributed by atoms with Gasteiger partial charge in [-0.1, -0.05) is 24.3 Å². The summed E-state index contributed by atoms with van der Waals surface area (Å²) in [6.45, 7) is 1.46. The number of aromatic nitrogens is 2. The van der Waals surface area contributed by atoms with Crippen LogP contribution in [0.25, 0.3) is 0 Å². The predicted octanol–water partition coefficient (Wildman–Crippen LogP) is 3.00. The van der Waals surface area contributed by atoms with Crippen molar-refractivity contribution in [2.45, 2.75) is 24.8 Å². The lowest BCUT2D eigenvalue weighted by atomic mass is 9.93. The number of amides is 2. The number of hydroxylamine groups is 1. The van der Waals surface area contributed by atoms with Crippen molar-refractivity contribution in [3.8, 4) is 5.75 Å². The Kier molecular flexibility index (Phi) is 7.15. The number of carbonyl (C=O) groups is 2. The molecule has 3 aromatic rings. The molecule has 38 heavy (non-hydrogen) atoms. The maximum Gasteiger partial charge on any atom is 0.282 e. The predicted molar refractivity (Wildman–Crippen MR) is 147 cm³/mol. The fraction of sp³-hybridized carbons (Fsp3) is 0.357. The molecule has 10 nitrogen and oxygen atoms in total. The van der Waals surface area contributed by atoms with Crippen LogP contribution in [0.2, 0.25) is 0 Å². The maximum atomic E-state index is 13.9. The summed E-state index contributed by atoms with van der Waals surface area (Å²) in [5.41, 5.74) is 4.02. The van der Waals surface area contributed by atoms with Gasteiger partial charge < -0.3 is 25.3 Å². The Morgan fingerprint density at radius 3 is 2.74 bits per heavy atom. The molecule has 2 aliphatic heterocycles. The van der Waals surface area contributed by atoms with Gasteiger partial charge in [-0.3, -0.25) is 9.59 Å². The van der Waals surface area contributed by atoms with E-state index in [9.17, 15) is 9.59 Å². The molecular weight excluding hydrogens is 482 g/mol. The number of likely N-dealkylation sites (N-methyl/N-ethyl adjacent to an activating group) is 1. The molecule has 2 amide bonds. The fourth-order valence-corrected chi connectivity index (χ4v) is 4.96. The molecule has 2 aliphatic rings. The monoisotopic (exact) mass is 515 g/mol. The first-order chi connectivity index (χ1) is 18.3. The van der Waals surface area contributed by atoms with E-state index in [-0.39, 0.29) is 17.7 Å². The molecule has 5 rings (SSSR count). The molecule has 2 N–H and O–H groups in total. The number of nitrogens with one attached hydrogen (secondary N) is 2. The van der Waals surface area contributed by atoms with Gasteiger partial charge in [0.25, 0.3) is 11.8 Å². The lowest BCUT2D eigenvalue weighted by molar-refractivity contribution is -0.124. The summed E-state index contributed by atoms with van der Waals surface area (Å²) in [5, 5.41) is 8.01. The van der Waals surface area contributed by atoms with Gasteiger partial charge in [0.1, 0.15) is 18.1 Å². The topological polar surface area (TPSA) is 103 Å².